The summed E-state index contributed by atoms with van der Waals surface area (Å²) in [5, 5.41) is 9.30. The maximum atomic E-state index is 13.7. The van der Waals surface area contributed by atoms with Crippen molar-refractivity contribution in [3.05, 3.63) is 83.4 Å². The van der Waals surface area contributed by atoms with Gasteiger partial charge < -0.3 is 24.0 Å². The lowest BCUT2D eigenvalue weighted by molar-refractivity contribution is -0.143. The van der Waals surface area contributed by atoms with E-state index in [0.29, 0.717) is 54.0 Å². The summed E-state index contributed by atoms with van der Waals surface area (Å²) < 4.78 is 17.0. The molecule has 1 unspecified atom stereocenters. The Balaban J connectivity index is 1.22. The van der Waals surface area contributed by atoms with Gasteiger partial charge in [0.1, 0.15) is 11.5 Å². The SMILES string of the molecule is CCOC(=O)CC(c1cccc(OCC2CCN(c3cc(OC)ccc3C(=O)N(C)c3cccc(C#N)c3)CC2)c1)C1CC1. The van der Waals surface area contributed by atoms with Gasteiger partial charge in [0.2, 0.25) is 0 Å². The summed E-state index contributed by atoms with van der Waals surface area (Å²) >= 11 is 0. The molecule has 1 saturated heterocycles. The van der Waals surface area contributed by atoms with Crippen molar-refractivity contribution in [2.75, 3.05) is 50.3 Å². The Labute approximate surface area is 260 Å². The van der Waals surface area contributed by atoms with E-state index >= 15 is 0 Å². The van der Waals surface area contributed by atoms with Crippen molar-refractivity contribution in [3.8, 4) is 17.6 Å². The lowest BCUT2D eigenvalue weighted by atomic mass is 9.91. The average Bonchev–Trinajstić information content (AvgIpc) is 3.91. The molecule has 0 aromatic heterocycles. The summed E-state index contributed by atoms with van der Waals surface area (Å²) in [6.07, 6.45) is 4.57. The van der Waals surface area contributed by atoms with Crippen LogP contribution in [0.5, 0.6) is 11.5 Å². The lowest BCUT2D eigenvalue weighted by Crippen LogP contribution is -2.37. The summed E-state index contributed by atoms with van der Waals surface area (Å²) in [7, 11) is 3.36. The van der Waals surface area contributed by atoms with Crippen molar-refractivity contribution in [1.29, 1.82) is 5.26 Å². The second kappa shape index (κ2) is 14.3. The van der Waals surface area contributed by atoms with Gasteiger partial charge in [0.25, 0.3) is 5.91 Å². The molecular formula is C36H41N3O5. The molecule has 1 atom stereocenters. The summed E-state index contributed by atoms with van der Waals surface area (Å²) in [5.74, 6) is 2.35. The van der Waals surface area contributed by atoms with Gasteiger partial charge in [-0.15, -0.1) is 0 Å². The number of hydrogen-bond donors (Lipinski definition) is 0. The van der Waals surface area contributed by atoms with Gasteiger partial charge in [0, 0.05) is 31.9 Å². The fourth-order valence-electron chi connectivity index (χ4n) is 6.01. The van der Waals surface area contributed by atoms with Crippen LogP contribution in [0.1, 0.15) is 66.4 Å². The van der Waals surface area contributed by atoms with E-state index < -0.39 is 0 Å². The second-order valence-corrected chi connectivity index (χ2v) is 11.7. The van der Waals surface area contributed by atoms with Gasteiger partial charge in [-0.05, 0) is 98.4 Å². The number of ether oxygens (including phenoxy) is 3. The second-order valence-electron chi connectivity index (χ2n) is 11.7. The van der Waals surface area contributed by atoms with E-state index in [4.69, 9.17) is 14.2 Å². The summed E-state index contributed by atoms with van der Waals surface area (Å²) in [6.45, 7) is 4.44. The minimum atomic E-state index is -0.143. The molecule has 2 aliphatic rings. The largest absolute Gasteiger partial charge is 0.497 e. The van der Waals surface area contributed by atoms with Gasteiger partial charge >= 0.3 is 5.97 Å². The summed E-state index contributed by atoms with van der Waals surface area (Å²) in [6, 6.07) is 22.9. The number of carbonyl (C=O) groups excluding carboxylic acids is 2. The van der Waals surface area contributed by atoms with E-state index in [1.165, 1.54) is 0 Å². The number of piperidine rings is 1. The van der Waals surface area contributed by atoms with Crippen LogP contribution in [0.3, 0.4) is 0 Å². The van der Waals surface area contributed by atoms with Gasteiger partial charge in [0.15, 0.2) is 0 Å². The number of benzene rings is 3. The van der Waals surface area contributed by atoms with Crippen LogP contribution in [0.25, 0.3) is 0 Å². The fraction of sp³-hybridized carbons (Fsp3) is 0.417. The van der Waals surface area contributed by atoms with Crippen LogP contribution in [-0.4, -0.2) is 52.3 Å². The topological polar surface area (TPSA) is 92.1 Å². The van der Waals surface area contributed by atoms with Crippen LogP contribution in [0.15, 0.2) is 66.7 Å². The highest BCUT2D eigenvalue weighted by Gasteiger charge is 2.34. The van der Waals surface area contributed by atoms with Crippen molar-refractivity contribution in [2.24, 2.45) is 11.8 Å². The highest BCUT2D eigenvalue weighted by atomic mass is 16.5. The molecule has 0 N–H and O–H groups in total. The third kappa shape index (κ3) is 7.52. The third-order valence-corrected chi connectivity index (χ3v) is 8.71. The van der Waals surface area contributed by atoms with Crippen LogP contribution in [0, 0.1) is 23.2 Å². The first kappa shape index (κ1) is 30.9. The zero-order chi connectivity index (χ0) is 31.1. The molecule has 44 heavy (non-hydrogen) atoms. The van der Waals surface area contributed by atoms with E-state index in [0.717, 1.165) is 55.8 Å². The smallest absolute Gasteiger partial charge is 0.306 e. The molecule has 0 radical (unpaired) electrons. The van der Waals surface area contributed by atoms with Gasteiger partial charge in [-0.3, -0.25) is 9.59 Å². The maximum Gasteiger partial charge on any atom is 0.306 e. The number of anilines is 2. The zero-order valence-corrected chi connectivity index (χ0v) is 25.8. The van der Waals surface area contributed by atoms with Crippen LogP contribution < -0.4 is 19.3 Å². The molecule has 1 amide bonds. The molecule has 1 aliphatic carbocycles. The van der Waals surface area contributed by atoms with Gasteiger partial charge in [0.05, 0.1) is 49.6 Å². The standard InChI is InChI=1S/C36H41N3O5/c1-4-43-35(40)22-33(27-11-12-27)28-8-6-10-31(20-28)44-24-25-15-17-39(18-16-25)34-21-30(42-3)13-14-32(34)36(41)38(2)29-9-5-7-26(19-29)23-37/h5-10,13-14,19-21,25,27,33H,4,11-12,15-18,22,24H2,1-3H3. The number of methoxy groups -OCH3 is 1. The number of rotatable bonds is 12. The molecule has 5 rings (SSSR count). The molecule has 3 aromatic rings. The van der Waals surface area contributed by atoms with Crippen molar-refractivity contribution in [1.82, 2.24) is 0 Å². The van der Waals surface area contributed by atoms with Gasteiger partial charge in [-0.25, -0.2) is 0 Å². The number of esters is 1. The molecule has 0 spiro atoms. The third-order valence-electron chi connectivity index (χ3n) is 8.71. The van der Waals surface area contributed by atoms with E-state index in [1.807, 2.05) is 43.3 Å². The van der Waals surface area contributed by atoms with Gasteiger partial charge in [-0.2, -0.15) is 5.26 Å². The first-order chi connectivity index (χ1) is 21.4. The Morgan fingerprint density at radius 3 is 2.48 bits per heavy atom. The molecule has 3 aromatic carbocycles. The molecule has 0 bridgehead atoms. The Morgan fingerprint density at radius 2 is 1.77 bits per heavy atom. The molecule has 1 heterocycles. The molecule has 230 valence electrons. The van der Waals surface area contributed by atoms with Crippen molar-refractivity contribution < 1.29 is 23.8 Å². The molecular weight excluding hydrogens is 554 g/mol. The normalized spacial score (nSPS) is 15.6. The van der Waals surface area contributed by atoms with E-state index in [-0.39, 0.29) is 17.8 Å². The van der Waals surface area contributed by atoms with Crippen LogP contribution in [0.2, 0.25) is 0 Å². The zero-order valence-electron chi connectivity index (χ0n) is 25.8. The molecule has 2 fully saturated rings. The number of amides is 1. The quantitative estimate of drug-likeness (QED) is 0.218. The number of nitrogens with zero attached hydrogens (tertiary/aromatic N) is 3. The van der Waals surface area contributed by atoms with Gasteiger partial charge in [-0.1, -0.05) is 18.2 Å². The first-order valence-corrected chi connectivity index (χ1v) is 15.5. The van der Waals surface area contributed by atoms with E-state index in [9.17, 15) is 14.9 Å². The van der Waals surface area contributed by atoms with Crippen molar-refractivity contribution in [3.63, 3.8) is 0 Å². The highest BCUT2D eigenvalue weighted by Crippen LogP contribution is 2.45. The predicted octanol–water partition coefficient (Wildman–Crippen LogP) is 6.59. The Bertz CT molecular complexity index is 1500. The Morgan fingerprint density at radius 1 is 1.00 bits per heavy atom. The predicted molar refractivity (Wildman–Crippen MR) is 170 cm³/mol. The van der Waals surface area contributed by atoms with Crippen LogP contribution in [-0.2, 0) is 9.53 Å². The number of carbonyl (C=O) groups is 2. The highest BCUT2D eigenvalue weighted by molar-refractivity contribution is 6.09. The lowest BCUT2D eigenvalue weighted by Gasteiger charge is -2.35. The average molecular weight is 596 g/mol. The Kier molecular flexibility index (Phi) is 10.1. The maximum absolute atomic E-state index is 13.7. The summed E-state index contributed by atoms with van der Waals surface area (Å²) in [4.78, 5) is 29.7. The van der Waals surface area contributed by atoms with Crippen LogP contribution in [0.4, 0.5) is 11.4 Å². The summed E-state index contributed by atoms with van der Waals surface area (Å²) in [5.41, 5.74) is 3.76. The monoisotopic (exact) mass is 595 g/mol. The molecule has 8 heteroatoms. The molecule has 8 nitrogen and oxygen atoms in total. The van der Waals surface area contributed by atoms with E-state index in [2.05, 4.69) is 23.1 Å². The molecule has 1 aliphatic heterocycles. The molecule has 1 saturated carbocycles. The fourth-order valence-corrected chi connectivity index (χ4v) is 6.01. The van der Waals surface area contributed by atoms with Crippen molar-refractivity contribution in [2.45, 2.75) is 44.9 Å². The number of nitriles is 1. The Hall–Kier alpha value is -4.51. The first-order valence-electron chi connectivity index (χ1n) is 15.5. The van der Waals surface area contributed by atoms with Crippen LogP contribution >= 0.6 is 0 Å². The van der Waals surface area contributed by atoms with E-state index in [1.54, 1.807) is 37.3 Å². The van der Waals surface area contributed by atoms with Crippen molar-refractivity contribution >= 4 is 23.3 Å². The minimum absolute atomic E-state index is 0.136. The minimum Gasteiger partial charge on any atom is -0.497 e. The number of hydrogen-bond acceptors (Lipinski definition) is 7.